The molecular weight excluding hydrogens is 358 g/mol. The fourth-order valence-corrected chi connectivity index (χ4v) is 2.78. The molecule has 0 spiro atoms. The van der Waals surface area contributed by atoms with E-state index < -0.39 is 29.7 Å². The number of hydrogen-bond acceptors (Lipinski definition) is 3. The third-order valence-electron chi connectivity index (χ3n) is 3.30. The first-order valence-electron chi connectivity index (χ1n) is 5.93. The van der Waals surface area contributed by atoms with Gasteiger partial charge in [0.25, 0.3) is 0 Å². The molecule has 21 heavy (non-hydrogen) atoms. The first-order valence-corrected chi connectivity index (χ1v) is 6.72. The topological polar surface area (TPSA) is 50.9 Å². The summed E-state index contributed by atoms with van der Waals surface area (Å²) in [6, 6.07) is 1.63. The van der Waals surface area contributed by atoms with Crippen LogP contribution in [0.1, 0.15) is 35.5 Å². The first-order chi connectivity index (χ1) is 9.75. The van der Waals surface area contributed by atoms with Gasteiger partial charge in [0.2, 0.25) is 4.73 Å². The standard InChI is InChI=1S/C12H8BrF4N3O/c13-11-18-10-9(21)4-8(20(10)19-11)5-1-6(12(15,16)17)3-7(14)2-5/h1-3,8-9,21H,4H2. The first kappa shape index (κ1) is 14.5. The van der Waals surface area contributed by atoms with Gasteiger partial charge in [0, 0.05) is 6.42 Å². The van der Waals surface area contributed by atoms with Crippen LogP contribution in [-0.4, -0.2) is 19.9 Å². The normalized spacial score (nSPS) is 21.6. The zero-order chi connectivity index (χ0) is 15.4. The summed E-state index contributed by atoms with van der Waals surface area (Å²) in [6.45, 7) is 0. The van der Waals surface area contributed by atoms with Crippen molar-refractivity contribution in [2.24, 2.45) is 0 Å². The summed E-state index contributed by atoms with van der Waals surface area (Å²) in [5, 5.41) is 13.8. The molecule has 3 rings (SSSR count). The lowest BCUT2D eigenvalue weighted by Gasteiger charge is -2.15. The number of halogens is 5. The van der Waals surface area contributed by atoms with Crippen LogP contribution in [0.3, 0.4) is 0 Å². The third-order valence-corrected chi connectivity index (χ3v) is 3.64. The van der Waals surface area contributed by atoms with Crippen molar-refractivity contribution < 1.29 is 22.7 Å². The molecule has 1 N–H and O–H groups in total. The monoisotopic (exact) mass is 365 g/mol. The molecule has 9 heteroatoms. The minimum absolute atomic E-state index is 0.0949. The Morgan fingerprint density at radius 3 is 2.67 bits per heavy atom. The van der Waals surface area contributed by atoms with Crippen molar-refractivity contribution in [1.82, 2.24) is 14.8 Å². The number of fused-ring (bicyclic) bond motifs is 1. The molecule has 0 saturated heterocycles. The molecule has 0 saturated carbocycles. The average molecular weight is 366 g/mol. The van der Waals surface area contributed by atoms with Gasteiger partial charge in [0.05, 0.1) is 11.6 Å². The van der Waals surface area contributed by atoms with Crippen LogP contribution in [0.25, 0.3) is 0 Å². The van der Waals surface area contributed by atoms with Crippen LogP contribution in [-0.2, 0) is 6.18 Å². The van der Waals surface area contributed by atoms with Crippen LogP contribution in [0.4, 0.5) is 17.6 Å². The molecule has 1 aromatic heterocycles. The number of nitrogens with zero attached hydrogens (tertiary/aromatic N) is 3. The number of benzene rings is 1. The second kappa shape index (κ2) is 4.77. The van der Waals surface area contributed by atoms with E-state index in [9.17, 15) is 22.7 Å². The molecule has 112 valence electrons. The maximum atomic E-state index is 13.5. The van der Waals surface area contributed by atoms with Crippen LogP contribution < -0.4 is 0 Å². The minimum Gasteiger partial charge on any atom is -0.385 e. The molecule has 0 bridgehead atoms. The van der Waals surface area contributed by atoms with Crippen LogP contribution in [0, 0.1) is 5.82 Å². The number of rotatable bonds is 1. The molecule has 1 aliphatic rings. The maximum Gasteiger partial charge on any atom is 0.416 e. The van der Waals surface area contributed by atoms with Gasteiger partial charge >= 0.3 is 6.18 Å². The Balaban J connectivity index is 2.08. The van der Waals surface area contributed by atoms with E-state index in [0.29, 0.717) is 6.07 Å². The SMILES string of the molecule is OC1CC(c2cc(F)cc(C(F)(F)F)c2)n2nc(Br)nc21. The number of hydrogen-bond donors (Lipinski definition) is 1. The fraction of sp³-hybridized carbons (Fsp3) is 0.333. The van der Waals surface area contributed by atoms with E-state index in [2.05, 4.69) is 26.0 Å². The summed E-state index contributed by atoms with van der Waals surface area (Å²) in [7, 11) is 0. The molecule has 0 radical (unpaired) electrons. The average Bonchev–Trinajstić information content (AvgIpc) is 2.87. The zero-order valence-electron chi connectivity index (χ0n) is 10.3. The van der Waals surface area contributed by atoms with E-state index in [-0.39, 0.29) is 22.5 Å². The van der Waals surface area contributed by atoms with E-state index in [4.69, 9.17) is 0 Å². The summed E-state index contributed by atoms with van der Waals surface area (Å²) in [4.78, 5) is 3.94. The molecule has 1 aromatic carbocycles. The lowest BCUT2D eigenvalue weighted by molar-refractivity contribution is -0.137. The van der Waals surface area contributed by atoms with Gasteiger partial charge in [-0.05, 0) is 39.7 Å². The van der Waals surface area contributed by atoms with Gasteiger partial charge in [0.1, 0.15) is 11.9 Å². The summed E-state index contributed by atoms with van der Waals surface area (Å²) < 4.78 is 53.3. The highest BCUT2D eigenvalue weighted by molar-refractivity contribution is 9.10. The summed E-state index contributed by atoms with van der Waals surface area (Å²) in [5.74, 6) is -0.744. The van der Waals surface area contributed by atoms with Crippen LogP contribution in [0.5, 0.6) is 0 Å². The van der Waals surface area contributed by atoms with Crippen molar-refractivity contribution in [2.45, 2.75) is 24.7 Å². The third kappa shape index (κ3) is 2.55. The molecule has 2 aromatic rings. The predicted molar refractivity (Wildman–Crippen MR) is 66.8 cm³/mol. The Kier molecular flexibility index (Phi) is 3.28. The molecule has 1 aliphatic heterocycles. The highest BCUT2D eigenvalue weighted by Gasteiger charge is 2.36. The number of aliphatic hydroxyl groups is 1. The second-order valence-corrected chi connectivity index (χ2v) is 5.43. The highest BCUT2D eigenvalue weighted by atomic mass is 79.9. The van der Waals surface area contributed by atoms with E-state index >= 15 is 0 Å². The van der Waals surface area contributed by atoms with Gasteiger partial charge in [-0.3, -0.25) is 0 Å². The molecule has 2 heterocycles. The molecule has 2 unspecified atom stereocenters. The lowest BCUT2D eigenvalue weighted by Crippen LogP contribution is -2.11. The van der Waals surface area contributed by atoms with Gasteiger partial charge in [-0.25, -0.2) is 14.1 Å². The van der Waals surface area contributed by atoms with Gasteiger partial charge in [-0.2, -0.15) is 13.2 Å². The molecule has 4 nitrogen and oxygen atoms in total. The molecule has 0 amide bonds. The van der Waals surface area contributed by atoms with Gasteiger partial charge in [-0.15, -0.1) is 5.10 Å². The number of aromatic nitrogens is 3. The molecule has 2 atom stereocenters. The zero-order valence-corrected chi connectivity index (χ0v) is 11.9. The van der Waals surface area contributed by atoms with Crippen LogP contribution in [0.2, 0.25) is 0 Å². The van der Waals surface area contributed by atoms with Gasteiger partial charge in [-0.1, -0.05) is 0 Å². The predicted octanol–water partition coefficient (Wildman–Crippen LogP) is 3.23. The summed E-state index contributed by atoms with van der Waals surface area (Å²) in [5.41, 5.74) is -0.975. The largest absolute Gasteiger partial charge is 0.416 e. The van der Waals surface area contributed by atoms with E-state index in [1.165, 1.54) is 4.68 Å². The lowest BCUT2D eigenvalue weighted by atomic mass is 10.0. The maximum absolute atomic E-state index is 13.5. The Morgan fingerprint density at radius 2 is 2.00 bits per heavy atom. The molecular formula is C12H8BrF4N3O. The van der Waals surface area contributed by atoms with Gasteiger partial charge in [0.15, 0.2) is 5.82 Å². The smallest absolute Gasteiger partial charge is 0.385 e. The van der Waals surface area contributed by atoms with E-state index in [0.717, 1.165) is 12.1 Å². The molecule has 0 fully saturated rings. The van der Waals surface area contributed by atoms with Crippen LogP contribution >= 0.6 is 15.9 Å². The van der Waals surface area contributed by atoms with E-state index in [1.807, 2.05) is 0 Å². The van der Waals surface area contributed by atoms with Crippen molar-refractivity contribution in [3.05, 3.63) is 45.7 Å². The Hall–Kier alpha value is -1.48. The Morgan fingerprint density at radius 1 is 1.29 bits per heavy atom. The van der Waals surface area contributed by atoms with Crippen molar-refractivity contribution in [3.63, 3.8) is 0 Å². The Bertz CT molecular complexity index is 700. The van der Waals surface area contributed by atoms with Crippen LogP contribution in [0.15, 0.2) is 22.9 Å². The van der Waals surface area contributed by atoms with Gasteiger partial charge < -0.3 is 5.11 Å². The highest BCUT2D eigenvalue weighted by Crippen LogP contribution is 2.39. The minimum atomic E-state index is -4.64. The van der Waals surface area contributed by atoms with Crippen molar-refractivity contribution in [3.8, 4) is 0 Å². The Labute approximate surface area is 124 Å². The fourth-order valence-electron chi connectivity index (χ4n) is 2.43. The van der Waals surface area contributed by atoms with Crippen molar-refractivity contribution in [1.29, 1.82) is 0 Å². The van der Waals surface area contributed by atoms with Crippen molar-refractivity contribution in [2.75, 3.05) is 0 Å². The summed E-state index contributed by atoms with van der Waals surface area (Å²) in [6.07, 6.45) is -5.49. The number of alkyl halides is 3. The van der Waals surface area contributed by atoms with Crippen molar-refractivity contribution >= 4 is 15.9 Å². The summed E-state index contributed by atoms with van der Waals surface area (Å²) >= 11 is 3.04. The molecule has 0 aliphatic carbocycles. The number of aliphatic hydroxyl groups excluding tert-OH is 1. The second-order valence-electron chi connectivity index (χ2n) is 4.72. The quantitative estimate of drug-likeness (QED) is 0.789. The van der Waals surface area contributed by atoms with E-state index in [1.54, 1.807) is 0 Å².